The maximum atomic E-state index is 11.4. The van der Waals surface area contributed by atoms with Crippen LogP contribution in [0.25, 0.3) is 0 Å². The molecule has 0 bridgehead atoms. The van der Waals surface area contributed by atoms with E-state index in [2.05, 4.69) is 24.1 Å². The van der Waals surface area contributed by atoms with Crippen molar-refractivity contribution in [3.8, 4) is 0 Å². The topological polar surface area (TPSA) is 61.8 Å². The van der Waals surface area contributed by atoms with Crippen LogP contribution in [0.5, 0.6) is 0 Å². The average molecular weight is 274 g/mol. The Balaban J connectivity index is 4.43. The maximum Gasteiger partial charge on any atom is 0.323 e. The standard InChI is InChI=1S/C14H30N2O3/c1-6-15-14(4,13(17)18)7-8-16(9-10-19-5)11-12(2)3/h12,15H,6-11H2,1-5H3,(H,17,18). The molecule has 0 aliphatic carbocycles. The van der Waals surface area contributed by atoms with Gasteiger partial charge in [0.25, 0.3) is 0 Å². The molecule has 0 saturated heterocycles. The van der Waals surface area contributed by atoms with E-state index in [1.807, 2.05) is 6.92 Å². The van der Waals surface area contributed by atoms with Crippen molar-refractivity contribution < 1.29 is 14.6 Å². The molecule has 0 amide bonds. The molecule has 1 unspecified atom stereocenters. The smallest absolute Gasteiger partial charge is 0.323 e. The second-order valence-corrected chi connectivity index (χ2v) is 5.60. The van der Waals surface area contributed by atoms with Crippen LogP contribution in [0.15, 0.2) is 0 Å². The maximum absolute atomic E-state index is 11.4. The number of methoxy groups -OCH3 is 1. The van der Waals surface area contributed by atoms with Gasteiger partial charge in [-0.1, -0.05) is 20.8 Å². The molecule has 5 heteroatoms. The Morgan fingerprint density at radius 2 is 2.05 bits per heavy atom. The average Bonchev–Trinajstić information content (AvgIpc) is 2.32. The second kappa shape index (κ2) is 9.28. The molecular weight excluding hydrogens is 244 g/mol. The Bertz CT molecular complexity index is 259. The van der Waals surface area contributed by atoms with Crippen molar-refractivity contribution in [3.05, 3.63) is 0 Å². The van der Waals surface area contributed by atoms with Crippen LogP contribution in [0.2, 0.25) is 0 Å². The van der Waals surface area contributed by atoms with E-state index in [4.69, 9.17) is 4.74 Å². The van der Waals surface area contributed by atoms with Gasteiger partial charge in [0.2, 0.25) is 0 Å². The molecule has 1 atom stereocenters. The summed E-state index contributed by atoms with van der Waals surface area (Å²) in [5.41, 5.74) is -0.850. The number of carboxylic acid groups (broad SMARTS) is 1. The lowest BCUT2D eigenvalue weighted by atomic mass is 9.97. The molecule has 114 valence electrons. The number of carbonyl (C=O) groups is 1. The van der Waals surface area contributed by atoms with Crippen LogP contribution < -0.4 is 5.32 Å². The highest BCUT2D eigenvalue weighted by Crippen LogP contribution is 2.12. The highest BCUT2D eigenvalue weighted by atomic mass is 16.5. The fourth-order valence-corrected chi connectivity index (χ4v) is 2.07. The number of carboxylic acids is 1. The molecule has 0 aliphatic rings. The van der Waals surface area contributed by atoms with E-state index in [9.17, 15) is 9.90 Å². The normalized spacial score (nSPS) is 14.9. The summed E-state index contributed by atoms with van der Waals surface area (Å²) in [6, 6.07) is 0. The zero-order chi connectivity index (χ0) is 14.9. The Hall–Kier alpha value is -0.650. The number of hydrogen-bond acceptors (Lipinski definition) is 4. The molecular formula is C14H30N2O3. The van der Waals surface area contributed by atoms with Gasteiger partial charge < -0.3 is 20.1 Å². The lowest BCUT2D eigenvalue weighted by Crippen LogP contribution is -2.51. The minimum Gasteiger partial charge on any atom is -0.480 e. The highest BCUT2D eigenvalue weighted by Gasteiger charge is 2.32. The predicted octanol–water partition coefficient (Wildman–Crippen LogP) is 1.43. The van der Waals surface area contributed by atoms with Crippen LogP contribution in [0.3, 0.4) is 0 Å². The summed E-state index contributed by atoms with van der Waals surface area (Å²) >= 11 is 0. The zero-order valence-corrected chi connectivity index (χ0v) is 13.0. The molecule has 19 heavy (non-hydrogen) atoms. The van der Waals surface area contributed by atoms with Gasteiger partial charge in [0.15, 0.2) is 0 Å². The van der Waals surface area contributed by atoms with Gasteiger partial charge in [0.1, 0.15) is 5.54 Å². The number of nitrogens with zero attached hydrogens (tertiary/aromatic N) is 1. The van der Waals surface area contributed by atoms with E-state index in [1.165, 1.54) is 0 Å². The summed E-state index contributed by atoms with van der Waals surface area (Å²) in [6.45, 7) is 11.9. The molecule has 0 fully saturated rings. The van der Waals surface area contributed by atoms with E-state index >= 15 is 0 Å². The first-order chi connectivity index (χ1) is 8.85. The fourth-order valence-electron chi connectivity index (χ4n) is 2.07. The van der Waals surface area contributed by atoms with Crippen LogP contribution in [-0.4, -0.2) is 61.4 Å². The third-order valence-electron chi connectivity index (χ3n) is 3.20. The first-order valence-electron chi connectivity index (χ1n) is 7.05. The van der Waals surface area contributed by atoms with Gasteiger partial charge in [-0.2, -0.15) is 0 Å². The van der Waals surface area contributed by atoms with Gasteiger partial charge >= 0.3 is 5.97 Å². The number of hydrogen-bond donors (Lipinski definition) is 2. The third kappa shape index (κ3) is 7.50. The van der Waals surface area contributed by atoms with Crippen molar-refractivity contribution in [2.24, 2.45) is 5.92 Å². The Morgan fingerprint density at radius 1 is 1.42 bits per heavy atom. The van der Waals surface area contributed by atoms with Gasteiger partial charge in [0.05, 0.1) is 6.61 Å². The lowest BCUT2D eigenvalue weighted by molar-refractivity contribution is -0.144. The number of likely N-dealkylation sites (N-methyl/N-ethyl adjacent to an activating group) is 1. The molecule has 5 nitrogen and oxygen atoms in total. The minimum atomic E-state index is -0.850. The number of rotatable bonds is 11. The third-order valence-corrected chi connectivity index (χ3v) is 3.20. The SMILES string of the molecule is CCNC(C)(CCN(CCOC)CC(C)C)C(=O)O. The van der Waals surface area contributed by atoms with E-state index in [-0.39, 0.29) is 0 Å². The van der Waals surface area contributed by atoms with Gasteiger partial charge in [-0.3, -0.25) is 4.79 Å². The first kappa shape index (κ1) is 18.4. The van der Waals surface area contributed by atoms with Crippen LogP contribution in [-0.2, 0) is 9.53 Å². The van der Waals surface area contributed by atoms with Crippen molar-refractivity contribution in [1.82, 2.24) is 10.2 Å². The van der Waals surface area contributed by atoms with E-state index < -0.39 is 11.5 Å². The Morgan fingerprint density at radius 3 is 2.47 bits per heavy atom. The second-order valence-electron chi connectivity index (χ2n) is 5.60. The lowest BCUT2D eigenvalue weighted by Gasteiger charge is -2.30. The van der Waals surface area contributed by atoms with Crippen LogP contribution >= 0.6 is 0 Å². The molecule has 0 rings (SSSR count). The Labute approximate surface area is 117 Å². The summed E-state index contributed by atoms with van der Waals surface area (Å²) in [4.78, 5) is 13.6. The predicted molar refractivity (Wildman–Crippen MR) is 77.5 cm³/mol. The molecule has 0 aromatic rings. The first-order valence-corrected chi connectivity index (χ1v) is 7.05. The van der Waals surface area contributed by atoms with E-state index in [1.54, 1.807) is 14.0 Å². The van der Waals surface area contributed by atoms with Crippen LogP contribution in [0, 0.1) is 5.92 Å². The van der Waals surface area contributed by atoms with Crippen molar-refractivity contribution in [2.75, 3.05) is 39.9 Å². The molecule has 0 aliphatic heterocycles. The largest absolute Gasteiger partial charge is 0.480 e. The van der Waals surface area contributed by atoms with Crippen LogP contribution in [0.4, 0.5) is 0 Å². The van der Waals surface area contributed by atoms with E-state index in [0.29, 0.717) is 25.5 Å². The minimum absolute atomic E-state index is 0.562. The van der Waals surface area contributed by atoms with Gasteiger partial charge in [-0.25, -0.2) is 0 Å². The number of nitrogens with one attached hydrogen (secondary N) is 1. The molecule has 0 radical (unpaired) electrons. The summed E-state index contributed by atoms with van der Waals surface area (Å²) in [7, 11) is 1.69. The molecule has 0 heterocycles. The fraction of sp³-hybridized carbons (Fsp3) is 0.929. The molecule has 0 saturated carbocycles. The van der Waals surface area contributed by atoms with Crippen molar-refractivity contribution >= 4 is 5.97 Å². The molecule has 0 aromatic carbocycles. The monoisotopic (exact) mass is 274 g/mol. The van der Waals surface area contributed by atoms with Gasteiger partial charge in [0, 0.05) is 26.7 Å². The van der Waals surface area contributed by atoms with Crippen molar-refractivity contribution in [2.45, 2.75) is 39.7 Å². The van der Waals surface area contributed by atoms with Crippen LogP contribution in [0.1, 0.15) is 34.1 Å². The van der Waals surface area contributed by atoms with Gasteiger partial charge in [-0.05, 0) is 25.8 Å². The van der Waals surface area contributed by atoms with E-state index in [0.717, 1.165) is 19.6 Å². The zero-order valence-electron chi connectivity index (χ0n) is 13.0. The number of ether oxygens (including phenoxy) is 1. The van der Waals surface area contributed by atoms with Crippen molar-refractivity contribution in [3.63, 3.8) is 0 Å². The molecule has 0 aromatic heterocycles. The number of aliphatic carboxylic acids is 1. The van der Waals surface area contributed by atoms with Crippen molar-refractivity contribution in [1.29, 1.82) is 0 Å². The quantitative estimate of drug-likeness (QED) is 0.597. The summed E-state index contributed by atoms with van der Waals surface area (Å²) in [5.74, 6) is -0.224. The summed E-state index contributed by atoms with van der Waals surface area (Å²) < 4.78 is 5.11. The van der Waals surface area contributed by atoms with Gasteiger partial charge in [-0.15, -0.1) is 0 Å². The molecule has 2 N–H and O–H groups in total. The summed E-state index contributed by atoms with van der Waals surface area (Å²) in [6.07, 6.45) is 0.590. The highest BCUT2D eigenvalue weighted by molar-refractivity contribution is 5.78. The summed E-state index contributed by atoms with van der Waals surface area (Å²) in [5, 5.41) is 12.4. The molecule has 0 spiro atoms. The Kier molecular flexibility index (Phi) is 8.97.